The zero-order chi connectivity index (χ0) is 93.0. The number of alkyl halides is 8. The number of carbonyl (C=O) groups is 5. The Kier molecular flexibility index (Phi) is 32.2. The fourth-order valence-electron chi connectivity index (χ4n) is 15.0. The Morgan fingerprint density at radius 1 is 0.438 bits per heavy atom. The summed E-state index contributed by atoms with van der Waals surface area (Å²) in [7, 11) is 0. The van der Waals surface area contributed by atoms with E-state index in [1.165, 1.54) is 39.5 Å². The van der Waals surface area contributed by atoms with Crippen LogP contribution in [0.15, 0.2) is 73.3 Å². The normalized spacial score (nSPS) is 20.4. The Morgan fingerprint density at radius 3 is 1.12 bits per heavy atom. The Labute approximate surface area is 746 Å². The molecular formula is C86H112Cl2F8N20O12. The van der Waals surface area contributed by atoms with E-state index in [1.807, 2.05) is 33.8 Å². The maximum absolute atomic E-state index is 13.9. The predicted molar refractivity (Wildman–Crippen MR) is 457 cm³/mol. The third-order valence-corrected chi connectivity index (χ3v) is 21.9. The van der Waals surface area contributed by atoms with Crippen molar-refractivity contribution < 1.29 is 92.6 Å². The van der Waals surface area contributed by atoms with E-state index < -0.39 is 94.8 Å². The van der Waals surface area contributed by atoms with Crippen LogP contribution in [0.5, 0.6) is 0 Å². The fraction of sp³-hybridized carbons (Fsp3) is 0.616. The minimum absolute atomic E-state index is 0.0235. The van der Waals surface area contributed by atoms with Crippen molar-refractivity contribution >= 4 is 76.3 Å². The van der Waals surface area contributed by atoms with Crippen LogP contribution in [-0.2, 0) is 38.0 Å². The SMILES string of the molecule is Cc1ccn(-c2nc(C3COCCC3=O)cc(N(C(=O)OC(C)(C)C)C3CCC(F)(F)CC3)n2)n1.Cc1ccn(-c2nc(C3COCCC3O)cc(N(C(=O)OC(C)(C)C)C3CCC(F)(F)CC3)n2)n1.Cc1ccn(-c2nc(Cl)cc(N(C(=O)OC(C)(C)C)C3CCC(F)(F)CC3)n2)n1.Cc1ccn(-c2nc(Cl)cc(NC3CCC(F)(F)CC3)n2)n1.O=C1CCOCC1. The number of Topliss-reactive ketones (excluding diaryl/α,β-unsaturated/α-hetero) is 2. The van der Waals surface area contributed by atoms with Crippen LogP contribution in [0.1, 0.15) is 237 Å². The second-order valence-electron chi connectivity index (χ2n) is 35.9. The molecule has 0 bridgehead atoms. The number of aliphatic hydroxyl groups excluding tert-OH is 1. The van der Waals surface area contributed by atoms with E-state index in [-0.39, 0.29) is 167 Å². The molecule has 4 saturated carbocycles. The van der Waals surface area contributed by atoms with Crippen LogP contribution in [0, 0.1) is 27.7 Å². The number of nitrogens with zero attached hydrogens (tertiary/aromatic N) is 19. The average Bonchev–Trinajstić information content (AvgIpc) is 1.74. The number of anilines is 4. The van der Waals surface area contributed by atoms with Gasteiger partial charge in [-0.2, -0.15) is 50.3 Å². The smallest absolute Gasteiger partial charge is 0.416 e. The van der Waals surface area contributed by atoms with E-state index in [0.29, 0.717) is 87.5 Å². The highest BCUT2D eigenvalue weighted by molar-refractivity contribution is 6.30. The van der Waals surface area contributed by atoms with Gasteiger partial charge in [0, 0.05) is 150 Å². The van der Waals surface area contributed by atoms with Crippen molar-refractivity contribution in [2.24, 2.45) is 0 Å². The van der Waals surface area contributed by atoms with Crippen LogP contribution >= 0.6 is 23.2 Å². The minimum atomic E-state index is -2.77. The molecule has 8 aromatic heterocycles. The number of halogens is 10. The molecule has 8 aromatic rings. The summed E-state index contributed by atoms with van der Waals surface area (Å²) in [5, 5.41) is 31.4. The van der Waals surface area contributed by atoms with Gasteiger partial charge in [0.25, 0.3) is 23.8 Å². The lowest BCUT2D eigenvalue weighted by Gasteiger charge is -2.37. The van der Waals surface area contributed by atoms with Gasteiger partial charge in [-0.15, -0.1) is 0 Å². The molecule has 0 spiro atoms. The lowest BCUT2D eigenvalue weighted by atomic mass is 9.91. The van der Waals surface area contributed by atoms with E-state index in [0.717, 1.165) is 22.8 Å². The summed E-state index contributed by atoms with van der Waals surface area (Å²) in [5.41, 5.74) is 1.60. The monoisotopic (exact) mass is 1840 g/mol. The summed E-state index contributed by atoms with van der Waals surface area (Å²) < 4.78 is 148. The van der Waals surface area contributed by atoms with Gasteiger partial charge in [-0.3, -0.25) is 24.3 Å². The number of ether oxygens (including phenoxy) is 6. The number of hydrogen-bond donors (Lipinski definition) is 2. The lowest BCUT2D eigenvalue weighted by Crippen LogP contribution is -2.47. The number of nitrogens with one attached hydrogen (secondary N) is 1. The second kappa shape index (κ2) is 41.8. The van der Waals surface area contributed by atoms with Crippen LogP contribution in [0.2, 0.25) is 10.3 Å². The summed E-state index contributed by atoms with van der Waals surface area (Å²) in [5.74, 6) is -9.51. The first-order chi connectivity index (χ1) is 60.1. The van der Waals surface area contributed by atoms with Crippen LogP contribution in [0.25, 0.3) is 23.8 Å². The standard InChI is InChI=1S/C24H33F2N5O4.C24H31F2N5O4.C19H24ClF2N5O2.C14H16ClF2N5.C5H8O2/c2*1-15-7-11-30(29-15)21-27-18(17-14-34-12-8-19(17)32)13-20(28-21)31(22(33)35-23(2,3)4)16-5-9-24(25,26)10-6-16;1-12-7-10-26(25-12)16-23-14(20)11-15(24-16)27(17(28)29-18(2,3)4)13-5-8-19(21,22)9-6-13;1-9-4-7-22(21-9)13-19-11(15)8-12(20-13)18-10-2-5-14(16,17)6-3-10;6-5-1-3-7-4-2-5/h7,11,13,16-17,19,32H,5-6,8-10,12,14H2,1-4H3;7,11,13,16-17H,5-6,8-10,12,14H2,1-4H3;7,10-11,13H,5-6,8-9H2,1-4H3;4,7-8,10H,2-3,5-6H2,1H3,(H,18,19,20);1-4H2. The second-order valence-corrected chi connectivity index (χ2v) is 36.6. The zero-order valence-corrected chi connectivity index (χ0v) is 75.6. The van der Waals surface area contributed by atoms with Crippen LogP contribution in [0.3, 0.4) is 0 Å². The maximum atomic E-state index is 13.9. The highest BCUT2D eigenvalue weighted by atomic mass is 35.5. The predicted octanol–water partition coefficient (Wildman–Crippen LogP) is 17.4. The van der Waals surface area contributed by atoms with Gasteiger partial charge in [0.15, 0.2) is 0 Å². The lowest BCUT2D eigenvalue weighted by molar-refractivity contribution is -0.127. The molecule has 7 aliphatic rings. The van der Waals surface area contributed by atoms with Crippen molar-refractivity contribution in [1.29, 1.82) is 0 Å². The molecule has 15 rings (SSSR count). The van der Waals surface area contributed by atoms with Crippen molar-refractivity contribution in [2.75, 3.05) is 59.7 Å². The van der Waals surface area contributed by atoms with E-state index in [4.69, 9.17) is 51.6 Å². The summed E-state index contributed by atoms with van der Waals surface area (Å²) >= 11 is 12.2. The third kappa shape index (κ3) is 28.7. The summed E-state index contributed by atoms with van der Waals surface area (Å²) in [4.78, 5) is 102. The Morgan fingerprint density at radius 2 is 0.773 bits per heavy atom. The van der Waals surface area contributed by atoms with E-state index in [2.05, 4.69) is 65.6 Å². The van der Waals surface area contributed by atoms with Crippen molar-refractivity contribution in [3.8, 4) is 23.8 Å². The fourth-order valence-corrected chi connectivity index (χ4v) is 15.3. The average molecular weight is 1840 g/mol. The third-order valence-electron chi connectivity index (χ3n) is 21.5. The van der Waals surface area contributed by atoms with Gasteiger partial charge in [-0.1, -0.05) is 23.2 Å². The highest BCUT2D eigenvalue weighted by Gasteiger charge is 2.46. The Hall–Kier alpha value is -10.0. The van der Waals surface area contributed by atoms with Gasteiger partial charge in [-0.05, 0) is 172 Å². The van der Waals surface area contributed by atoms with Gasteiger partial charge in [0.05, 0.1) is 85.1 Å². The molecule has 128 heavy (non-hydrogen) atoms. The van der Waals surface area contributed by atoms with Gasteiger partial charge in [0.1, 0.15) is 61.9 Å². The maximum Gasteiger partial charge on any atom is 0.416 e. The number of amides is 3. The van der Waals surface area contributed by atoms with Gasteiger partial charge in [-0.25, -0.2) is 78.2 Å². The first-order valence-electron chi connectivity index (χ1n) is 42.9. The van der Waals surface area contributed by atoms with E-state index in [1.54, 1.807) is 123 Å². The van der Waals surface area contributed by atoms with Crippen molar-refractivity contribution in [3.63, 3.8) is 0 Å². The zero-order valence-electron chi connectivity index (χ0n) is 74.1. The topological polar surface area (TPSA) is 357 Å². The molecule has 3 saturated heterocycles. The van der Waals surface area contributed by atoms with Crippen LogP contribution in [-0.4, -0.2) is 224 Å². The Balaban J connectivity index is 0.000000163. The number of hydrogen-bond acceptors (Lipinski definition) is 25. The molecule has 7 fully saturated rings. The molecule has 2 N–H and O–H groups in total. The summed E-state index contributed by atoms with van der Waals surface area (Å²) in [6.07, 6.45) is 5.38. The summed E-state index contributed by atoms with van der Waals surface area (Å²) in [6, 6.07) is 11.8. The molecule has 0 radical (unpaired) electrons. The molecule has 3 unspecified atom stereocenters. The van der Waals surface area contributed by atoms with Crippen molar-refractivity contribution in [3.05, 3.63) is 118 Å². The number of ketones is 2. The van der Waals surface area contributed by atoms with Crippen LogP contribution < -0.4 is 20.0 Å². The van der Waals surface area contributed by atoms with E-state index in [9.17, 15) is 64.2 Å². The molecule has 4 aliphatic carbocycles. The highest BCUT2D eigenvalue weighted by Crippen LogP contribution is 2.43. The first-order valence-corrected chi connectivity index (χ1v) is 43.6. The molecule has 11 heterocycles. The molecule has 698 valence electrons. The van der Waals surface area contributed by atoms with E-state index >= 15 is 0 Å². The number of aliphatic hydroxyl groups is 1. The van der Waals surface area contributed by atoms with Crippen molar-refractivity contribution in [2.45, 2.75) is 301 Å². The van der Waals surface area contributed by atoms with Gasteiger partial charge >= 0.3 is 18.3 Å². The number of rotatable bonds is 14. The number of carbonyl (C=O) groups excluding carboxylic acids is 5. The van der Waals surface area contributed by atoms with Gasteiger partial charge < -0.3 is 38.8 Å². The minimum Gasteiger partial charge on any atom is -0.443 e. The molecule has 0 aromatic carbocycles. The molecular weight excluding hydrogens is 1730 g/mol. The molecule has 3 amide bonds. The number of aromatic nitrogens is 16. The molecule has 42 heteroatoms. The number of aryl methyl sites for hydroxylation is 4. The first kappa shape index (κ1) is 98.6. The van der Waals surface area contributed by atoms with Crippen LogP contribution in [0.4, 0.5) is 72.8 Å². The molecule has 32 nitrogen and oxygen atoms in total. The van der Waals surface area contributed by atoms with Crippen molar-refractivity contribution in [1.82, 2.24) is 79.0 Å². The molecule has 3 aliphatic heterocycles. The quantitative estimate of drug-likeness (QED) is 0.0580. The van der Waals surface area contributed by atoms with Gasteiger partial charge in [0.2, 0.25) is 23.7 Å². The summed E-state index contributed by atoms with van der Waals surface area (Å²) in [6.45, 7) is 25.5. The Bertz CT molecular complexity index is 5090. The largest absolute Gasteiger partial charge is 0.443 e. The molecule has 3 atom stereocenters.